The fraction of sp³-hybridized carbons (Fsp3) is 0.417. The van der Waals surface area contributed by atoms with E-state index in [1.165, 1.54) is 0 Å². The standard InChI is InChI=1S/C12H17NO2/c1-3-11(12(14)15)13-9(2)10-7-5-4-6-8-10/h4-9,11,13H,3H2,1-2H3,(H,14,15). The Hall–Kier alpha value is -1.35. The first kappa shape index (κ1) is 11.7. The summed E-state index contributed by atoms with van der Waals surface area (Å²) in [5, 5.41) is 12.0. The van der Waals surface area contributed by atoms with Crippen LogP contribution in [0.3, 0.4) is 0 Å². The number of carboxylic acids is 1. The molecular weight excluding hydrogens is 190 g/mol. The molecule has 3 nitrogen and oxygen atoms in total. The van der Waals surface area contributed by atoms with Crippen molar-refractivity contribution in [2.75, 3.05) is 0 Å². The Morgan fingerprint density at radius 2 is 2.00 bits per heavy atom. The SMILES string of the molecule is CCC(NC(C)c1ccccc1)C(=O)O. The van der Waals surface area contributed by atoms with Crippen molar-refractivity contribution in [1.82, 2.24) is 5.32 Å². The molecule has 0 aliphatic rings. The monoisotopic (exact) mass is 207 g/mol. The summed E-state index contributed by atoms with van der Waals surface area (Å²) in [6, 6.07) is 9.43. The number of aliphatic carboxylic acids is 1. The number of hydrogen-bond acceptors (Lipinski definition) is 2. The van der Waals surface area contributed by atoms with Crippen molar-refractivity contribution >= 4 is 5.97 Å². The lowest BCUT2D eigenvalue weighted by atomic mass is 10.1. The summed E-state index contributed by atoms with van der Waals surface area (Å²) in [6.07, 6.45) is 0.590. The Kier molecular flexibility index (Phi) is 4.31. The van der Waals surface area contributed by atoms with Crippen LogP contribution in [-0.2, 0) is 4.79 Å². The lowest BCUT2D eigenvalue weighted by Crippen LogP contribution is -2.37. The van der Waals surface area contributed by atoms with Crippen molar-refractivity contribution in [2.45, 2.75) is 32.4 Å². The van der Waals surface area contributed by atoms with Crippen molar-refractivity contribution in [2.24, 2.45) is 0 Å². The molecule has 3 heteroatoms. The minimum atomic E-state index is -0.791. The second kappa shape index (κ2) is 5.51. The lowest BCUT2D eigenvalue weighted by molar-refractivity contribution is -0.139. The van der Waals surface area contributed by atoms with Crippen LogP contribution in [0.4, 0.5) is 0 Å². The average Bonchev–Trinajstić information content (AvgIpc) is 2.26. The third-order valence-electron chi connectivity index (χ3n) is 2.46. The molecule has 0 saturated carbocycles. The van der Waals surface area contributed by atoms with E-state index in [9.17, 15) is 4.79 Å². The van der Waals surface area contributed by atoms with Crippen LogP contribution in [0.25, 0.3) is 0 Å². The number of hydrogen-bond donors (Lipinski definition) is 2. The first-order valence-corrected chi connectivity index (χ1v) is 5.19. The van der Waals surface area contributed by atoms with Crippen LogP contribution < -0.4 is 5.32 Å². The predicted octanol–water partition coefficient (Wildman–Crippen LogP) is 2.20. The van der Waals surface area contributed by atoms with Gasteiger partial charge < -0.3 is 5.11 Å². The van der Waals surface area contributed by atoms with E-state index in [0.29, 0.717) is 6.42 Å². The van der Waals surface area contributed by atoms with E-state index in [-0.39, 0.29) is 6.04 Å². The summed E-state index contributed by atoms with van der Waals surface area (Å²) in [6.45, 7) is 3.84. The molecule has 0 aliphatic heterocycles. The minimum absolute atomic E-state index is 0.0623. The molecule has 2 atom stereocenters. The normalized spacial score (nSPS) is 14.5. The van der Waals surface area contributed by atoms with Crippen LogP contribution in [0.1, 0.15) is 31.9 Å². The highest BCUT2D eigenvalue weighted by Crippen LogP contribution is 2.12. The van der Waals surface area contributed by atoms with Gasteiger partial charge in [0, 0.05) is 6.04 Å². The molecule has 0 spiro atoms. The van der Waals surface area contributed by atoms with Crippen molar-refractivity contribution in [1.29, 1.82) is 0 Å². The quantitative estimate of drug-likeness (QED) is 0.778. The fourth-order valence-electron chi connectivity index (χ4n) is 1.50. The highest BCUT2D eigenvalue weighted by atomic mass is 16.4. The second-order valence-electron chi connectivity index (χ2n) is 3.60. The Labute approximate surface area is 90.1 Å². The van der Waals surface area contributed by atoms with Gasteiger partial charge in [-0.2, -0.15) is 0 Å². The lowest BCUT2D eigenvalue weighted by Gasteiger charge is -2.19. The van der Waals surface area contributed by atoms with E-state index < -0.39 is 12.0 Å². The topological polar surface area (TPSA) is 49.3 Å². The molecule has 1 aromatic carbocycles. The largest absolute Gasteiger partial charge is 0.480 e. The molecule has 0 saturated heterocycles. The van der Waals surface area contributed by atoms with Gasteiger partial charge in [0.05, 0.1) is 0 Å². The van der Waals surface area contributed by atoms with Gasteiger partial charge in [0.1, 0.15) is 6.04 Å². The third kappa shape index (κ3) is 3.36. The van der Waals surface area contributed by atoms with Crippen LogP contribution in [0.5, 0.6) is 0 Å². The molecule has 0 bridgehead atoms. The number of nitrogens with one attached hydrogen (secondary N) is 1. The van der Waals surface area contributed by atoms with Gasteiger partial charge in [-0.3, -0.25) is 10.1 Å². The predicted molar refractivity (Wildman–Crippen MR) is 59.7 cm³/mol. The van der Waals surface area contributed by atoms with E-state index in [2.05, 4.69) is 5.32 Å². The number of carbonyl (C=O) groups is 1. The molecule has 2 unspecified atom stereocenters. The maximum absolute atomic E-state index is 10.8. The van der Waals surface area contributed by atoms with Gasteiger partial charge in [-0.05, 0) is 18.9 Å². The van der Waals surface area contributed by atoms with E-state index >= 15 is 0 Å². The second-order valence-corrected chi connectivity index (χ2v) is 3.60. The summed E-state index contributed by atoms with van der Waals surface area (Å²) < 4.78 is 0. The maximum Gasteiger partial charge on any atom is 0.320 e. The van der Waals surface area contributed by atoms with E-state index in [1.807, 2.05) is 44.2 Å². The summed E-state index contributed by atoms with van der Waals surface area (Å²) in [5.74, 6) is -0.791. The smallest absolute Gasteiger partial charge is 0.320 e. The van der Waals surface area contributed by atoms with Gasteiger partial charge in [0.2, 0.25) is 0 Å². The van der Waals surface area contributed by atoms with Gasteiger partial charge in [-0.25, -0.2) is 0 Å². The van der Waals surface area contributed by atoms with Crippen LogP contribution in [0, 0.1) is 0 Å². The molecule has 0 aromatic heterocycles. The van der Waals surface area contributed by atoms with Crippen molar-refractivity contribution in [3.05, 3.63) is 35.9 Å². The number of carboxylic acid groups (broad SMARTS) is 1. The zero-order valence-electron chi connectivity index (χ0n) is 9.10. The summed E-state index contributed by atoms with van der Waals surface area (Å²) in [7, 11) is 0. The van der Waals surface area contributed by atoms with Crippen LogP contribution >= 0.6 is 0 Å². The van der Waals surface area contributed by atoms with Gasteiger partial charge in [-0.1, -0.05) is 37.3 Å². The summed E-state index contributed by atoms with van der Waals surface area (Å²) in [4.78, 5) is 10.8. The first-order chi connectivity index (χ1) is 7.15. The van der Waals surface area contributed by atoms with Gasteiger partial charge in [0.25, 0.3) is 0 Å². The molecule has 0 aliphatic carbocycles. The number of rotatable bonds is 5. The zero-order chi connectivity index (χ0) is 11.3. The van der Waals surface area contributed by atoms with E-state index in [0.717, 1.165) is 5.56 Å². The Morgan fingerprint density at radius 1 is 1.40 bits per heavy atom. The molecular formula is C12H17NO2. The molecule has 82 valence electrons. The molecule has 0 fully saturated rings. The Balaban J connectivity index is 2.62. The molecule has 1 rings (SSSR count). The molecule has 0 amide bonds. The van der Waals surface area contributed by atoms with Gasteiger partial charge in [0.15, 0.2) is 0 Å². The minimum Gasteiger partial charge on any atom is -0.480 e. The van der Waals surface area contributed by atoms with E-state index in [4.69, 9.17) is 5.11 Å². The zero-order valence-corrected chi connectivity index (χ0v) is 9.10. The summed E-state index contributed by atoms with van der Waals surface area (Å²) >= 11 is 0. The molecule has 15 heavy (non-hydrogen) atoms. The molecule has 0 heterocycles. The van der Waals surface area contributed by atoms with Gasteiger partial charge in [-0.15, -0.1) is 0 Å². The number of benzene rings is 1. The molecule has 0 radical (unpaired) electrons. The highest BCUT2D eigenvalue weighted by molar-refractivity contribution is 5.73. The fourth-order valence-corrected chi connectivity index (χ4v) is 1.50. The maximum atomic E-state index is 10.8. The third-order valence-corrected chi connectivity index (χ3v) is 2.46. The highest BCUT2D eigenvalue weighted by Gasteiger charge is 2.17. The van der Waals surface area contributed by atoms with Crippen molar-refractivity contribution < 1.29 is 9.90 Å². The van der Waals surface area contributed by atoms with Gasteiger partial charge >= 0.3 is 5.97 Å². The van der Waals surface area contributed by atoms with Crippen LogP contribution in [0.15, 0.2) is 30.3 Å². The first-order valence-electron chi connectivity index (χ1n) is 5.19. The average molecular weight is 207 g/mol. The molecule has 1 aromatic rings. The van der Waals surface area contributed by atoms with Crippen molar-refractivity contribution in [3.63, 3.8) is 0 Å². The van der Waals surface area contributed by atoms with Crippen LogP contribution in [0.2, 0.25) is 0 Å². The Morgan fingerprint density at radius 3 is 2.47 bits per heavy atom. The molecule has 2 N–H and O–H groups in total. The van der Waals surface area contributed by atoms with E-state index in [1.54, 1.807) is 0 Å². The summed E-state index contributed by atoms with van der Waals surface area (Å²) in [5.41, 5.74) is 1.11. The Bertz CT molecular complexity index is 311. The van der Waals surface area contributed by atoms with Crippen molar-refractivity contribution in [3.8, 4) is 0 Å². The van der Waals surface area contributed by atoms with Crippen LogP contribution in [-0.4, -0.2) is 17.1 Å².